The van der Waals surface area contributed by atoms with Crippen molar-refractivity contribution in [2.24, 2.45) is 0 Å². The number of halogens is 1. The van der Waals surface area contributed by atoms with E-state index in [1.54, 1.807) is 12.1 Å². The second-order valence-electron chi connectivity index (χ2n) is 3.91. The summed E-state index contributed by atoms with van der Waals surface area (Å²) in [6.45, 7) is 0.407. The van der Waals surface area contributed by atoms with E-state index < -0.39 is 15.8 Å². The van der Waals surface area contributed by atoms with Crippen LogP contribution < -0.4 is 5.32 Å². The first kappa shape index (κ1) is 15.0. The fraction of sp³-hybridized carbons (Fsp3) is 0.364. The molecule has 0 aliphatic rings. The molecule has 0 bridgehead atoms. The second kappa shape index (κ2) is 6.19. The van der Waals surface area contributed by atoms with Gasteiger partial charge in [-0.2, -0.15) is 0 Å². The van der Waals surface area contributed by atoms with Gasteiger partial charge in [-0.1, -0.05) is 15.9 Å². The van der Waals surface area contributed by atoms with Gasteiger partial charge >= 0.3 is 5.97 Å². The maximum absolute atomic E-state index is 11.0. The largest absolute Gasteiger partial charge is 0.478 e. The van der Waals surface area contributed by atoms with Crippen LogP contribution in [0.15, 0.2) is 22.7 Å². The maximum Gasteiger partial charge on any atom is 0.337 e. The fourth-order valence-electron chi connectivity index (χ4n) is 1.41. The van der Waals surface area contributed by atoms with Crippen LogP contribution in [0, 0.1) is 0 Å². The molecule has 0 aliphatic heterocycles. The molecule has 0 heterocycles. The highest BCUT2D eigenvalue weighted by Crippen LogP contribution is 2.21. The summed E-state index contributed by atoms with van der Waals surface area (Å²) in [5.41, 5.74) is 0.642. The Labute approximate surface area is 114 Å². The molecule has 0 amide bonds. The lowest BCUT2D eigenvalue weighted by atomic mass is 10.2. The molecule has 0 fully saturated rings. The van der Waals surface area contributed by atoms with Crippen LogP contribution in [0.3, 0.4) is 0 Å². The molecule has 7 heteroatoms. The molecule has 0 radical (unpaired) electrons. The first-order valence-electron chi connectivity index (χ1n) is 5.24. The topological polar surface area (TPSA) is 83.5 Å². The smallest absolute Gasteiger partial charge is 0.337 e. The third-order valence-electron chi connectivity index (χ3n) is 2.22. The summed E-state index contributed by atoms with van der Waals surface area (Å²) in [6, 6.07) is 4.79. The zero-order chi connectivity index (χ0) is 13.8. The minimum absolute atomic E-state index is 0.0798. The summed E-state index contributed by atoms with van der Waals surface area (Å²) in [7, 11) is -2.98. The molecule has 5 nitrogen and oxygen atoms in total. The van der Waals surface area contributed by atoms with Crippen LogP contribution in [0.5, 0.6) is 0 Å². The summed E-state index contributed by atoms with van der Waals surface area (Å²) in [5.74, 6) is -0.940. The Kier molecular flexibility index (Phi) is 5.15. The Morgan fingerprint density at radius 2 is 2.11 bits per heavy atom. The third kappa shape index (κ3) is 5.05. The summed E-state index contributed by atoms with van der Waals surface area (Å²) in [4.78, 5) is 11.0. The molecule has 100 valence electrons. The molecule has 0 saturated heterocycles. The van der Waals surface area contributed by atoms with Crippen molar-refractivity contribution in [3.8, 4) is 0 Å². The maximum atomic E-state index is 11.0. The minimum Gasteiger partial charge on any atom is -0.478 e. The Balaban J connectivity index is 2.66. The Morgan fingerprint density at radius 1 is 1.44 bits per heavy atom. The molecule has 1 rings (SSSR count). The van der Waals surface area contributed by atoms with Crippen LogP contribution in [-0.2, 0) is 9.84 Å². The van der Waals surface area contributed by atoms with Crippen molar-refractivity contribution in [1.82, 2.24) is 0 Å². The first-order valence-corrected chi connectivity index (χ1v) is 8.09. The van der Waals surface area contributed by atoms with Crippen LogP contribution in [0.4, 0.5) is 5.69 Å². The first-order chi connectivity index (χ1) is 8.29. The number of benzene rings is 1. The van der Waals surface area contributed by atoms with Gasteiger partial charge in [0.2, 0.25) is 0 Å². The van der Waals surface area contributed by atoms with Gasteiger partial charge in [0, 0.05) is 23.0 Å². The number of carboxylic acids is 1. The van der Waals surface area contributed by atoms with Gasteiger partial charge in [-0.05, 0) is 24.6 Å². The predicted octanol–water partition coefficient (Wildman–Crippen LogP) is 1.99. The lowest BCUT2D eigenvalue weighted by molar-refractivity contribution is 0.0698. The summed E-state index contributed by atoms with van der Waals surface area (Å²) in [6.07, 6.45) is 1.61. The average molecular weight is 336 g/mol. The lowest BCUT2D eigenvalue weighted by Gasteiger charge is -2.09. The quantitative estimate of drug-likeness (QED) is 0.777. The molecule has 0 aliphatic carbocycles. The molecule has 18 heavy (non-hydrogen) atoms. The van der Waals surface area contributed by atoms with Crippen molar-refractivity contribution in [2.45, 2.75) is 6.42 Å². The fourth-order valence-corrected chi connectivity index (χ4v) is 2.44. The highest BCUT2D eigenvalue weighted by atomic mass is 79.9. The molecular formula is C11H14BrNO4S. The van der Waals surface area contributed by atoms with E-state index in [0.717, 1.165) is 4.47 Å². The highest BCUT2D eigenvalue weighted by molar-refractivity contribution is 9.10. The molecular weight excluding hydrogens is 322 g/mol. The zero-order valence-electron chi connectivity index (χ0n) is 9.81. The van der Waals surface area contributed by atoms with Gasteiger partial charge in [-0.3, -0.25) is 0 Å². The standard InChI is InChI=1S/C11H14BrNO4S/c1-18(16,17)6-2-5-13-10-7-8(12)3-4-9(10)11(14)15/h3-4,7,13H,2,5-6H2,1H3,(H,14,15). The van der Waals surface area contributed by atoms with Crippen LogP contribution in [0.1, 0.15) is 16.8 Å². The summed E-state index contributed by atoms with van der Waals surface area (Å²) < 4.78 is 22.6. The van der Waals surface area contributed by atoms with Crippen LogP contribution in [-0.4, -0.2) is 38.0 Å². The number of carbonyl (C=O) groups is 1. The zero-order valence-corrected chi connectivity index (χ0v) is 12.2. The molecule has 0 spiro atoms. The van der Waals surface area contributed by atoms with Crippen molar-refractivity contribution in [3.05, 3.63) is 28.2 Å². The number of carboxylic acid groups (broad SMARTS) is 1. The van der Waals surface area contributed by atoms with Crippen LogP contribution in [0.25, 0.3) is 0 Å². The number of nitrogens with one attached hydrogen (secondary N) is 1. The van der Waals surface area contributed by atoms with Crippen molar-refractivity contribution >= 4 is 37.4 Å². The van der Waals surface area contributed by atoms with E-state index in [-0.39, 0.29) is 11.3 Å². The third-order valence-corrected chi connectivity index (χ3v) is 3.74. The van der Waals surface area contributed by atoms with E-state index in [0.29, 0.717) is 18.7 Å². The molecule has 0 atom stereocenters. The SMILES string of the molecule is CS(=O)(=O)CCCNc1cc(Br)ccc1C(=O)O. The lowest BCUT2D eigenvalue weighted by Crippen LogP contribution is -2.12. The number of anilines is 1. The van der Waals surface area contributed by atoms with E-state index in [1.165, 1.54) is 12.3 Å². The van der Waals surface area contributed by atoms with E-state index in [4.69, 9.17) is 5.11 Å². The number of hydrogen-bond acceptors (Lipinski definition) is 4. The summed E-state index contributed by atoms with van der Waals surface area (Å²) in [5, 5.41) is 11.9. The molecule has 1 aromatic rings. The van der Waals surface area contributed by atoms with Gasteiger partial charge in [0.1, 0.15) is 9.84 Å². The molecule has 0 unspecified atom stereocenters. The van der Waals surface area contributed by atoms with Gasteiger partial charge < -0.3 is 10.4 Å². The normalized spacial score (nSPS) is 11.2. The van der Waals surface area contributed by atoms with Crippen molar-refractivity contribution in [1.29, 1.82) is 0 Å². The van der Waals surface area contributed by atoms with Gasteiger partial charge in [-0.15, -0.1) is 0 Å². The van der Waals surface area contributed by atoms with Gasteiger partial charge in [0.25, 0.3) is 0 Å². The van der Waals surface area contributed by atoms with Crippen LogP contribution in [0.2, 0.25) is 0 Å². The number of rotatable bonds is 6. The van der Waals surface area contributed by atoms with E-state index in [2.05, 4.69) is 21.2 Å². The number of hydrogen-bond donors (Lipinski definition) is 2. The Morgan fingerprint density at radius 3 is 2.67 bits per heavy atom. The van der Waals surface area contributed by atoms with Crippen molar-refractivity contribution in [3.63, 3.8) is 0 Å². The second-order valence-corrected chi connectivity index (χ2v) is 7.08. The van der Waals surface area contributed by atoms with Crippen molar-refractivity contribution < 1.29 is 18.3 Å². The number of sulfone groups is 1. The Hall–Kier alpha value is -1.08. The minimum atomic E-state index is -2.98. The molecule has 0 saturated carbocycles. The monoisotopic (exact) mass is 335 g/mol. The molecule has 1 aromatic carbocycles. The predicted molar refractivity (Wildman–Crippen MR) is 73.9 cm³/mol. The van der Waals surface area contributed by atoms with Gasteiger partial charge in [-0.25, -0.2) is 13.2 Å². The van der Waals surface area contributed by atoms with E-state index in [1.807, 2.05) is 0 Å². The van der Waals surface area contributed by atoms with Crippen molar-refractivity contribution in [2.75, 3.05) is 23.9 Å². The summed E-state index contributed by atoms with van der Waals surface area (Å²) >= 11 is 3.26. The average Bonchev–Trinajstić information content (AvgIpc) is 2.22. The Bertz CT molecular complexity index is 542. The highest BCUT2D eigenvalue weighted by Gasteiger charge is 2.10. The van der Waals surface area contributed by atoms with E-state index >= 15 is 0 Å². The van der Waals surface area contributed by atoms with E-state index in [9.17, 15) is 13.2 Å². The molecule has 2 N–H and O–H groups in total. The van der Waals surface area contributed by atoms with Gasteiger partial charge in [0.15, 0.2) is 0 Å². The van der Waals surface area contributed by atoms with Gasteiger partial charge in [0.05, 0.1) is 11.3 Å². The van der Waals surface area contributed by atoms with Crippen LogP contribution >= 0.6 is 15.9 Å². The number of aromatic carboxylic acids is 1. The molecule has 0 aromatic heterocycles.